The molecule has 4 rings (SSSR count). The van der Waals surface area contributed by atoms with Gasteiger partial charge in [-0.05, 0) is 55.9 Å². The van der Waals surface area contributed by atoms with E-state index in [9.17, 15) is 4.79 Å². The van der Waals surface area contributed by atoms with Gasteiger partial charge in [-0.3, -0.25) is 9.48 Å². The van der Waals surface area contributed by atoms with Crippen LogP contribution in [-0.2, 0) is 26.4 Å². The normalized spacial score (nSPS) is 17.0. The molecule has 0 atom stereocenters. The lowest BCUT2D eigenvalue weighted by Crippen LogP contribution is -2.38. The molecule has 2 aliphatic carbocycles. The van der Waals surface area contributed by atoms with Crippen LogP contribution in [-0.4, -0.2) is 26.6 Å². The first-order valence-electron chi connectivity index (χ1n) is 9.23. The third kappa shape index (κ3) is 3.20. The minimum atomic E-state index is 0.0757. The Balaban J connectivity index is 1.65. The molecule has 1 saturated carbocycles. The summed E-state index contributed by atoms with van der Waals surface area (Å²) in [7, 11) is 2.02. The monoisotopic (exact) mass is 357 g/mol. The third-order valence-electron chi connectivity index (χ3n) is 5.62. The topological polar surface area (TPSA) is 38.1 Å². The largest absolute Gasteiger partial charge is 0.330 e. The minimum Gasteiger partial charge on any atom is -0.330 e. The van der Waals surface area contributed by atoms with Crippen LogP contribution in [0.4, 0.5) is 0 Å². The number of amides is 1. The van der Waals surface area contributed by atoms with Crippen LogP contribution in [0.5, 0.6) is 0 Å². The molecule has 0 aliphatic heterocycles. The van der Waals surface area contributed by atoms with E-state index < -0.39 is 0 Å². The van der Waals surface area contributed by atoms with Gasteiger partial charge in [-0.1, -0.05) is 30.5 Å². The number of hydrogen-bond acceptors (Lipinski definition) is 2. The number of rotatable bonds is 4. The van der Waals surface area contributed by atoms with Gasteiger partial charge < -0.3 is 4.90 Å². The van der Waals surface area contributed by atoms with Crippen LogP contribution in [0.25, 0.3) is 0 Å². The van der Waals surface area contributed by atoms with Gasteiger partial charge in [-0.2, -0.15) is 5.10 Å². The molecule has 0 radical (unpaired) electrons. The van der Waals surface area contributed by atoms with Gasteiger partial charge in [0.15, 0.2) is 0 Å². The van der Waals surface area contributed by atoms with E-state index in [1.807, 2.05) is 34.8 Å². The third-order valence-corrected chi connectivity index (χ3v) is 5.85. The zero-order valence-corrected chi connectivity index (χ0v) is 15.4. The predicted octanol–water partition coefficient (Wildman–Crippen LogP) is 4.15. The van der Waals surface area contributed by atoms with E-state index in [0.717, 1.165) is 31.4 Å². The molecule has 1 amide bonds. The Labute approximate surface area is 153 Å². The van der Waals surface area contributed by atoms with Crippen LogP contribution in [0.1, 0.15) is 59.4 Å². The van der Waals surface area contributed by atoms with Gasteiger partial charge in [0.05, 0.1) is 12.2 Å². The molecule has 0 bridgehead atoms. The van der Waals surface area contributed by atoms with Crippen molar-refractivity contribution in [2.24, 2.45) is 7.05 Å². The average Bonchev–Trinajstić information content (AvgIpc) is 3.33. The zero-order chi connectivity index (χ0) is 17.4. The fourth-order valence-electron chi connectivity index (χ4n) is 4.36. The van der Waals surface area contributed by atoms with Crippen molar-refractivity contribution in [2.45, 2.75) is 57.5 Å². The molecular weight excluding hydrogens is 334 g/mol. The van der Waals surface area contributed by atoms with Crippen molar-refractivity contribution in [3.05, 3.63) is 51.8 Å². The van der Waals surface area contributed by atoms with E-state index in [1.165, 1.54) is 30.5 Å². The van der Waals surface area contributed by atoms with Crippen molar-refractivity contribution in [3.63, 3.8) is 0 Å². The molecule has 0 N–H and O–H groups in total. The highest BCUT2D eigenvalue weighted by Crippen LogP contribution is 2.30. The lowest BCUT2D eigenvalue weighted by atomic mass is 10.1. The molecular formula is C20H24ClN3O. The number of aromatic nitrogens is 2. The Kier molecular flexibility index (Phi) is 4.55. The molecule has 0 saturated heterocycles. The van der Waals surface area contributed by atoms with Gasteiger partial charge in [0.2, 0.25) is 0 Å². The Morgan fingerprint density at radius 2 is 2.08 bits per heavy atom. The van der Waals surface area contributed by atoms with Crippen LogP contribution >= 0.6 is 11.6 Å². The molecule has 1 heterocycles. The Morgan fingerprint density at radius 1 is 1.28 bits per heavy atom. The summed E-state index contributed by atoms with van der Waals surface area (Å²) in [4.78, 5) is 15.3. The van der Waals surface area contributed by atoms with Gasteiger partial charge >= 0.3 is 0 Å². The zero-order valence-electron chi connectivity index (χ0n) is 14.7. The maximum absolute atomic E-state index is 13.2. The van der Waals surface area contributed by atoms with Crippen LogP contribution in [0.2, 0.25) is 5.02 Å². The van der Waals surface area contributed by atoms with Crippen molar-refractivity contribution < 1.29 is 4.79 Å². The van der Waals surface area contributed by atoms with E-state index in [-0.39, 0.29) is 5.91 Å². The first kappa shape index (κ1) is 16.6. The highest BCUT2D eigenvalue weighted by Gasteiger charge is 2.30. The van der Waals surface area contributed by atoms with Crippen molar-refractivity contribution in [1.82, 2.24) is 14.7 Å². The van der Waals surface area contributed by atoms with Crippen LogP contribution in [0, 0.1) is 0 Å². The lowest BCUT2D eigenvalue weighted by molar-refractivity contribution is 0.0661. The summed E-state index contributed by atoms with van der Waals surface area (Å²) < 4.78 is 2.01. The standard InChI is InChI=1S/C20H24ClN3O/c1-23-19-11-5-10-17(19)18(22-23)13-24(16-8-2-3-9-16)20(25)14-6-4-7-15(21)12-14/h4,6-7,12,16H,2-3,5,8-11,13H2,1H3. The summed E-state index contributed by atoms with van der Waals surface area (Å²) >= 11 is 6.11. The molecule has 132 valence electrons. The van der Waals surface area contributed by atoms with Gasteiger partial charge in [0, 0.05) is 29.4 Å². The summed E-state index contributed by atoms with van der Waals surface area (Å²) in [5.74, 6) is 0.0757. The number of fused-ring (bicyclic) bond motifs is 1. The number of carbonyl (C=O) groups excluding carboxylic acids is 1. The van der Waals surface area contributed by atoms with E-state index in [1.54, 1.807) is 6.07 Å². The van der Waals surface area contributed by atoms with Crippen molar-refractivity contribution in [3.8, 4) is 0 Å². The summed E-state index contributed by atoms with van der Waals surface area (Å²) in [6.07, 6.45) is 7.95. The number of hydrogen-bond donors (Lipinski definition) is 0. The van der Waals surface area contributed by atoms with Gasteiger partial charge in [0.1, 0.15) is 0 Å². The van der Waals surface area contributed by atoms with Crippen molar-refractivity contribution in [1.29, 1.82) is 0 Å². The quantitative estimate of drug-likeness (QED) is 0.824. The summed E-state index contributed by atoms with van der Waals surface area (Å²) in [6.45, 7) is 0.610. The smallest absolute Gasteiger partial charge is 0.254 e. The Hall–Kier alpha value is -1.81. The highest BCUT2D eigenvalue weighted by atomic mass is 35.5. The number of benzene rings is 1. The maximum atomic E-state index is 13.2. The Morgan fingerprint density at radius 3 is 2.84 bits per heavy atom. The van der Waals surface area contributed by atoms with Crippen molar-refractivity contribution in [2.75, 3.05) is 0 Å². The number of halogens is 1. The van der Waals surface area contributed by atoms with Gasteiger partial charge in [0.25, 0.3) is 5.91 Å². The minimum absolute atomic E-state index is 0.0757. The lowest BCUT2D eigenvalue weighted by Gasteiger charge is -2.29. The van der Waals surface area contributed by atoms with E-state index >= 15 is 0 Å². The SMILES string of the molecule is Cn1nc(CN(C(=O)c2cccc(Cl)c2)C2CCCC2)c2c1CCC2. The first-order chi connectivity index (χ1) is 12.1. The van der Waals surface area contributed by atoms with Crippen LogP contribution < -0.4 is 0 Å². The fourth-order valence-corrected chi connectivity index (χ4v) is 4.55. The molecule has 5 heteroatoms. The molecule has 2 aliphatic rings. The van der Waals surface area contributed by atoms with E-state index in [0.29, 0.717) is 23.2 Å². The number of aryl methyl sites for hydroxylation is 1. The van der Waals surface area contributed by atoms with Gasteiger partial charge in [-0.25, -0.2) is 0 Å². The molecule has 1 aromatic carbocycles. The second-order valence-corrected chi connectivity index (χ2v) is 7.67. The second kappa shape index (κ2) is 6.83. The fraction of sp³-hybridized carbons (Fsp3) is 0.500. The number of nitrogens with zero attached hydrogens (tertiary/aromatic N) is 3. The van der Waals surface area contributed by atoms with Crippen LogP contribution in [0.3, 0.4) is 0 Å². The molecule has 4 nitrogen and oxygen atoms in total. The molecule has 1 fully saturated rings. The molecule has 0 spiro atoms. The summed E-state index contributed by atoms with van der Waals surface area (Å²) in [5.41, 5.74) is 4.46. The Bertz CT molecular complexity index is 792. The second-order valence-electron chi connectivity index (χ2n) is 7.23. The first-order valence-corrected chi connectivity index (χ1v) is 9.61. The molecule has 25 heavy (non-hydrogen) atoms. The number of carbonyl (C=O) groups is 1. The maximum Gasteiger partial charge on any atom is 0.254 e. The van der Waals surface area contributed by atoms with Gasteiger partial charge in [-0.15, -0.1) is 0 Å². The van der Waals surface area contributed by atoms with Crippen LogP contribution in [0.15, 0.2) is 24.3 Å². The average molecular weight is 358 g/mol. The van der Waals surface area contributed by atoms with Crippen molar-refractivity contribution >= 4 is 17.5 Å². The van der Waals surface area contributed by atoms with E-state index in [2.05, 4.69) is 0 Å². The predicted molar refractivity (Wildman–Crippen MR) is 98.8 cm³/mol. The molecule has 1 aromatic heterocycles. The summed E-state index contributed by atoms with van der Waals surface area (Å²) in [5, 5.41) is 5.34. The summed E-state index contributed by atoms with van der Waals surface area (Å²) in [6, 6.07) is 7.60. The van der Waals surface area contributed by atoms with E-state index in [4.69, 9.17) is 16.7 Å². The molecule has 0 unspecified atom stereocenters. The highest BCUT2D eigenvalue weighted by molar-refractivity contribution is 6.30. The molecule has 2 aromatic rings.